The molecule has 6 nitrogen and oxygen atoms in total. The fourth-order valence-electron chi connectivity index (χ4n) is 8.54. The summed E-state index contributed by atoms with van der Waals surface area (Å²) < 4.78 is 16.8. The minimum absolute atomic E-state index is 0.0705. The topological polar surface area (TPSA) is 78.9 Å². The van der Waals surface area contributed by atoms with E-state index in [9.17, 15) is 14.4 Å². The quantitative estimate of drug-likeness (QED) is 0.0262. The van der Waals surface area contributed by atoms with Gasteiger partial charge in [-0.25, -0.2) is 0 Å². The van der Waals surface area contributed by atoms with E-state index < -0.39 is 6.10 Å². The molecule has 0 fully saturated rings. The van der Waals surface area contributed by atoms with Crippen molar-refractivity contribution >= 4 is 17.9 Å². The van der Waals surface area contributed by atoms with E-state index in [4.69, 9.17) is 14.2 Å². The highest BCUT2D eigenvalue weighted by atomic mass is 16.6. The maximum absolute atomic E-state index is 12.7. The maximum atomic E-state index is 12.7. The summed E-state index contributed by atoms with van der Waals surface area (Å²) in [4.78, 5) is 37.9. The van der Waals surface area contributed by atoms with E-state index >= 15 is 0 Å². The number of rotatable bonds is 53. The molecule has 0 N–H and O–H groups in total. The Morgan fingerprint density at radius 3 is 0.815 bits per heavy atom. The molecule has 0 heterocycles. The van der Waals surface area contributed by atoms with Crippen molar-refractivity contribution in [2.75, 3.05) is 13.2 Å². The molecule has 6 heteroatoms. The van der Waals surface area contributed by atoms with Crippen LogP contribution in [0.3, 0.4) is 0 Å². The second kappa shape index (κ2) is 54.5. The van der Waals surface area contributed by atoms with Crippen molar-refractivity contribution in [2.45, 2.75) is 322 Å². The van der Waals surface area contributed by atoms with E-state index in [1.807, 2.05) is 0 Å². The minimum atomic E-state index is -0.769. The average Bonchev–Trinajstić information content (AvgIpc) is 3.30. The monoisotopic (exact) mass is 915 g/mol. The summed E-state index contributed by atoms with van der Waals surface area (Å²) in [6.45, 7) is 6.61. The smallest absolute Gasteiger partial charge is 0.306 e. The van der Waals surface area contributed by atoms with Gasteiger partial charge in [0.15, 0.2) is 6.10 Å². The Morgan fingerprint density at radius 1 is 0.292 bits per heavy atom. The van der Waals surface area contributed by atoms with Crippen molar-refractivity contribution < 1.29 is 28.6 Å². The molecule has 0 radical (unpaired) electrons. The van der Waals surface area contributed by atoms with Crippen LogP contribution in [-0.4, -0.2) is 37.2 Å². The van der Waals surface area contributed by atoms with Crippen LogP contribution in [0.2, 0.25) is 0 Å². The van der Waals surface area contributed by atoms with Gasteiger partial charge in [0.1, 0.15) is 13.2 Å². The molecule has 0 spiro atoms. The van der Waals surface area contributed by atoms with Gasteiger partial charge in [-0.3, -0.25) is 14.4 Å². The molecular formula is C59H110O6. The average molecular weight is 916 g/mol. The van der Waals surface area contributed by atoms with Crippen molar-refractivity contribution in [3.05, 3.63) is 24.3 Å². The molecule has 382 valence electrons. The highest BCUT2D eigenvalue weighted by molar-refractivity contribution is 5.71. The summed E-state index contributed by atoms with van der Waals surface area (Å²) in [7, 11) is 0. The van der Waals surface area contributed by atoms with Crippen LogP contribution < -0.4 is 0 Å². The molecule has 0 amide bonds. The number of hydrogen-bond acceptors (Lipinski definition) is 6. The zero-order valence-electron chi connectivity index (χ0n) is 43.8. The Bertz CT molecular complexity index is 1050. The standard InChI is InChI=1S/C59H110O6/c1-4-7-10-13-16-19-21-22-23-24-25-26-27-28-29-30-31-32-33-34-35-36-38-40-43-46-49-52-58(61)64-55-56(54-63-57(60)51-48-45-42-39-18-15-12-9-6-3)65-59(62)53-50-47-44-41-37-20-17-14-11-8-5-2/h14,17,24-25,56H,4-13,15-16,18-23,26-55H2,1-3H3/b17-14-,25-24-. The van der Waals surface area contributed by atoms with Gasteiger partial charge in [0.05, 0.1) is 0 Å². The van der Waals surface area contributed by atoms with Crippen molar-refractivity contribution in [3.8, 4) is 0 Å². The number of allylic oxidation sites excluding steroid dienone is 4. The zero-order valence-corrected chi connectivity index (χ0v) is 43.8. The van der Waals surface area contributed by atoms with Gasteiger partial charge < -0.3 is 14.2 Å². The van der Waals surface area contributed by atoms with Gasteiger partial charge in [0, 0.05) is 19.3 Å². The molecule has 0 aromatic carbocycles. The number of carbonyl (C=O) groups is 3. The lowest BCUT2D eigenvalue weighted by atomic mass is 10.0. The molecule has 0 saturated heterocycles. The molecule has 0 rings (SSSR count). The van der Waals surface area contributed by atoms with Crippen LogP contribution in [-0.2, 0) is 28.6 Å². The Labute approximate surface area is 404 Å². The fraction of sp³-hybridized carbons (Fsp3) is 0.881. The Balaban J connectivity index is 4.06. The van der Waals surface area contributed by atoms with Gasteiger partial charge in [-0.15, -0.1) is 0 Å². The molecule has 0 aromatic rings. The normalized spacial score (nSPS) is 12.1. The van der Waals surface area contributed by atoms with E-state index in [1.54, 1.807) is 0 Å². The molecule has 0 aliphatic carbocycles. The van der Waals surface area contributed by atoms with Gasteiger partial charge in [0.2, 0.25) is 0 Å². The largest absolute Gasteiger partial charge is 0.462 e. The third-order valence-electron chi connectivity index (χ3n) is 12.9. The Morgan fingerprint density at radius 2 is 0.523 bits per heavy atom. The lowest BCUT2D eigenvalue weighted by Gasteiger charge is -2.18. The van der Waals surface area contributed by atoms with Crippen LogP contribution >= 0.6 is 0 Å². The SMILES string of the molecule is CCCC/C=C\CCCCCCCC(=O)OC(COC(=O)CCCCCCCCCCC)COC(=O)CCCCCCCCCCCCCCCCC/C=C\CCCCCCCCCC. The zero-order chi connectivity index (χ0) is 47.2. The summed E-state index contributed by atoms with van der Waals surface area (Å²) in [6, 6.07) is 0. The minimum Gasteiger partial charge on any atom is -0.462 e. The fourth-order valence-corrected chi connectivity index (χ4v) is 8.54. The molecule has 65 heavy (non-hydrogen) atoms. The van der Waals surface area contributed by atoms with Gasteiger partial charge in [-0.1, -0.05) is 257 Å². The molecule has 1 atom stereocenters. The van der Waals surface area contributed by atoms with Gasteiger partial charge in [-0.2, -0.15) is 0 Å². The molecule has 0 saturated carbocycles. The van der Waals surface area contributed by atoms with Crippen molar-refractivity contribution in [2.24, 2.45) is 0 Å². The van der Waals surface area contributed by atoms with Crippen LogP contribution in [0.4, 0.5) is 0 Å². The lowest BCUT2D eigenvalue weighted by Crippen LogP contribution is -2.30. The summed E-state index contributed by atoms with van der Waals surface area (Å²) in [5.41, 5.74) is 0. The van der Waals surface area contributed by atoms with Crippen LogP contribution in [0, 0.1) is 0 Å². The van der Waals surface area contributed by atoms with E-state index in [1.165, 1.54) is 212 Å². The van der Waals surface area contributed by atoms with Crippen LogP contribution in [0.5, 0.6) is 0 Å². The molecule has 1 unspecified atom stereocenters. The van der Waals surface area contributed by atoms with Gasteiger partial charge in [-0.05, 0) is 64.2 Å². The number of esters is 3. The predicted molar refractivity (Wildman–Crippen MR) is 279 cm³/mol. The maximum Gasteiger partial charge on any atom is 0.306 e. The Kier molecular flexibility index (Phi) is 52.7. The van der Waals surface area contributed by atoms with E-state index in [-0.39, 0.29) is 31.1 Å². The third-order valence-corrected chi connectivity index (χ3v) is 12.9. The number of carbonyl (C=O) groups excluding carboxylic acids is 3. The van der Waals surface area contributed by atoms with Gasteiger partial charge in [0.25, 0.3) is 0 Å². The van der Waals surface area contributed by atoms with Crippen molar-refractivity contribution in [3.63, 3.8) is 0 Å². The number of hydrogen-bond donors (Lipinski definition) is 0. The van der Waals surface area contributed by atoms with Crippen molar-refractivity contribution in [1.29, 1.82) is 0 Å². The molecule has 0 aliphatic rings. The van der Waals surface area contributed by atoms with Crippen LogP contribution in [0.15, 0.2) is 24.3 Å². The van der Waals surface area contributed by atoms with Gasteiger partial charge >= 0.3 is 17.9 Å². The molecular weight excluding hydrogens is 805 g/mol. The number of ether oxygens (including phenoxy) is 3. The Hall–Kier alpha value is -2.11. The van der Waals surface area contributed by atoms with Crippen molar-refractivity contribution in [1.82, 2.24) is 0 Å². The first-order chi connectivity index (χ1) is 32.0. The first kappa shape index (κ1) is 62.9. The first-order valence-electron chi connectivity index (χ1n) is 28.8. The second-order valence-electron chi connectivity index (χ2n) is 19.6. The predicted octanol–water partition coefficient (Wildman–Crippen LogP) is 19.1. The van der Waals surface area contributed by atoms with Crippen LogP contribution in [0.25, 0.3) is 0 Å². The highest BCUT2D eigenvalue weighted by Gasteiger charge is 2.19. The summed E-state index contributed by atoms with van der Waals surface area (Å²) in [6.07, 6.45) is 63.4. The molecule has 0 aliphatic heterocycles. The third kappa shape index (κ3) is 52.7. The number of unbranched alkanes of at least 4 members (excludes halogenated alkanes) is 38. The lowest BCUT2D eigenvalue weighted by molar-refractivity contribution is -0.167. The van der Waals surface area contributed by atoms with E-state index in [2.05, 4.69) is 45.1 Å². The van der Waals surface area contributed by atoms with E-state index in [0.29, 0.717) is 19.3 Å². The summed E-state index contributed by atoms with van der Waals surface area (Å²) >= 11 is 0. The second-order valence-corrected chi connectivity index (χ2v) is 19.6. The highest BCUT2D eigenvalue weighted by Crippen LogP contribution is 2.17. The van der Waals surface area contributed by atoms with E-state index in [0.717, 1.165) is 64.2 Å². The summed E-state index contributed by atoms with van der Waals surface area (Å²) in [5.74, 6) is -0.868. The first-order valence-corrected chi connectivity index (χ1v) is 28.8. The summed E-state index contributed by atoms with van der Waals surface area (Å²) in [5, 5.41) is 0. The molecule has 0 bridgehead atoms. The van der Waals surface area contributed by atoms with Crippen LogP contribution in [0.1, 0.15) is 316 Å². The molecule has 0 aromatic heterocycles.